The fourth-order valence-electron chi connectivity index (χ4n) is 6.43. The van der Waals surface area contributed by atoms with Gasteiger partial charge < -0.3 is 24.2 Å². The topological polar surface area (TPSA) is 155 Å². The summed E-state index contributed by atoms with van der Waals surface area (Å²) in [6, 6.07) is 0. The minimum atomic E-state index is -4.73. The molecular weight excluding hydrogens is 783 g/mol. The van der Waals surface area contributed by atoms with Crippen molar-refractivity contribution < 1.29 is 52.2 Å². The summed E-state index contributed by atoms with van der Waals surface area (Å²) >= 11 is 0. The summed E-state index contributed by atoms with van der Waals surface area (Å²) in [7, 11) is -4.73. The molecule has 0 aromatic carbocycles. The highest BCUT2D eigenvalue weighted by molar-refractivity contribution is 7.47. The van der Waals surface area contributed by atoms with Crippen LogP contribution in [0.15, 0.2) is 36.5 Å². The van der Waals surface area contributed by atoms with Gasteiger partial charge in [0.15, 0.2) is 6.10 Å². The second kappa shape index (κ2) is 43.4. The number of carbonyl (C=O) groups is 3. The van der Waals surface area contributed by atoms with E-state index in [1.807, 2.05) is 0 Å². The van der Waals surface area contributed by atoms with E-state index in [0.29, 0.717) is 19.3 Å². The molecule has 0 saturated carbocycles. The fourth-order valence-corrected chi connectivity index (χ4v) is 7.21. The zero-order chi connectivity index (χ0) is 44.2. The van der Waals surface area contributed by atoms with Crippen LogP contribution in [0.5, 0.6) is 0 Å². The third kappa shape index (κ3) is 41.1. The molecular formula is C48H87O11P. The van der Waals surface area contributed by atoms with Crippen molar-refractivity contribution in [3.05, 3.63) is 36.5 Å². The van der Waals surface area contributed by atoms with Crippen LogP contribution in [0.25, 0.3) is 0 Å². The number of hydrogen-bond acceptors (Lipinski definition) is 10. The summed E-state index contributed by atoms with van der Waals surface area (Å²) in [4.78, 5) is 48.0. The summed E-state index contributed by atoms with van der Waals surface area (Å²) in [5.41, 5.74) is 0. The first kappa shape index (κ1) is 57.7. The van der Waals surface area contributed by atoms with Crippen LogP contribution in [0.3, 0.4) is 0 Å². The molecule has 0 heterocycles. The Kier molecular flexibility index (Phi) is 41.7. The van der Waals surface area contributed by atoms with Crippen molar-refractivity contribution in [2.75, 3.05) is 26.4 Å². The zero-order valence-corrected chi connectivity index (χ0v) is 39.1. The quantitative estimate of drug-likeness (QED) is 0.0198. The average molecular weight is 871 g/mol. The number of aliphatic hydroxyl groups excluding tert-OH is 1. The van der Waals surface area contributed by atoms with Crippen molar-refractivity contribution in [3.63, 3.8) is 0 Å². The van der Waals surface area contributed by atoms with E-state index in [2.05, 4.69) is 57.2 Å². The number of aliphatic hydroxyl groups is 1. The molecule has 0 rings (SSSR count). The lowest BCUT2D eigenvalue weighted by Gasteiger charge is -2.21. The molecule has 3 atom stereocenters. The molecule has 60 heavy (non-hydrogen) atoms. The van der Waals surface area contributed by atoms with Crippen LogP contribution < -0.4 is 0 Å². The predicted octanol–water partition coefficient (Wildman–Crippen LogP) is 12.9. The van der Waals surface area contributed by atoms with Crippen molar-refractivity contribution in [3.8, 4) is 0 Å². The largest absolute Gasteiger partial charge is 0.472 e. The van der Waals surface area contributed by atoms with E-state index in [0.717, 1.165) is 89.9 Å². The highest BCUT2D eigenvalue weighted by Crippen LogP contribution is 2.43. The van der Waals surface area contributed by atoms with Gasteiger partial charge in [0.1, 0.15) is 12.7 Å². The van der Waals surface area contributed by atoms with Crippen LogP contribution in [0, 0.1) is 0 Å². The summed E-state index contributed by atoms with van der Waals surface area (Å²) in [6.07, 6.45) is 39.9. The van der Waals surface area contributed by atoms with Crippen LogP contribution in [0.4, 0.5) is 0 Å². The lowest BCUT2D eigenvalue weighted by molar-refractivity contribution is -0.161. The molecule has 0 aliphatic rings. The van der Waals surface area contributed by atoms with Gasteiger partial charge in [0.05, 0.1) is 19.8 Å². The second-order valence-corrected chi connectivity index (χ2v) is 17.4. The Morgan fingerprint density at radius 1 is 0.483 bits per heavy atom. The lowest BCUT2D eigenvalue weighted by Crippen LogP contribution is -2.30. The summed E-state index contributed by atoms with van der Waals surface area (Å²) in [5, 5.41) is 9.71. The molecule has 350 valence electrons. The van der Waals surface area contributed by atoms with Crippen LogP contribution >= 0.6 is 7.82 Å². The monoisotopic (exact) mass is 871 g/mol. The molecule has 0 saturated heterocycles. The Labute approximate surface area is 365 Å². The minimum absolute atomic E-state index is 0.151. The van der Waals surface area contributed by atoms with Crippen molar-refractivity contribution >= 4 is 25.7 Å². The normalized spacial score (nSPS) is 13.9. The molecule has 3 unspecified atom stereocenters. The molecule has 0 fully saturated rings. The third-order valence-corrected chi connectivity index (χ3v) is 11.0. The fraction of sp³-hybridized carbons (Fsp3) is 0.812. The van der Waals surface area contributed by atoms with Crippen LogP contribution in [0.1, 0.15) is 213 Å². The molecule has 0 bridgehead atoms. The Morgan fingerprint density at radius 3 is 1.33 bits per heavy atom. The highest BCUT2D eigenvalue weighted by atomic mass is 31.2. The van der Waals surface area contributed by atoms with Gasteiger partial charge in [-0.3, -0.25) is 23.4 Å². The molecule has 0 aromatic heterocycles. The Balaban J connectivity index is 4.76. The number of hydrogen-bond donors (Lipinski definition) is 2. The van der Waals surface area contributed by atoms with Crippen molar-refractivity contribution in [1.29, 1.82) is 0 Å². The Morgan fingerprint density at radius 2 is 0.867 bits per heavy atom. The highest BCUT2D eigenvalue weighted by Gasteiger charge is 2.28. The van der Waals surface area contributed by atoms with E-state index >= 15 is 0 Å². The van der Waals surface area contributed by atoms with E-state index in [9.17, 15) is 28.9 Å². The van der Waals surface area contributed by atoms with Gasteiger partial charge in [-0.1, -0.05) is 179 Å². The van der Waals surface area contributed by atoms with Crippen molar-refractivity contribution in [1.82, 2.24) is 0 Å². The van der Waals surface area contributed by atoms with Gasteiger partial charge in [-0.2, -0.15) is 0 Å². The average Bonchev–Trinajstić information content (AvgIpc) is 3.23. The number of phosphoric acid groups is 1. The van der Waals surface area contributed by atoms with Gasteiger partial charge in [0.25, 0.3) is 0 Å². The number of unbranched alkanes of at least 4 members (excludes halogenated alkanes) is 21. The van der Waals surface area contributed by atoms with Gasteiger partial charge in [0, 0.05) is 19.3 Å². The van der Waals surface area contributed by atoms with Crippen molar-refractivity contribution in [2.24, 2.45) is 0 Å². The minimum Gasteiger partial charge on any atom is -0.462 e. The zero-order valence-electron chi connectivity index (χ0n) is 38.2. The molecule has 11 nitrogen and oxygen atoms in total. The van der Waals surface area contributed by atoms with E-state index in [-0.39, 0.29) is 25.9 Å². The van der Waals surface area contributed by atoms with Gasteiger partial charge in [-0.25, -0.2) is 4.57 Å². The van der Waals surface area contributed by atoms with Gasteiger partial charge >= 0.3 is 25.7 Å². The molecule has 2 N–H and O–H groups in total. The third-order valence-electron chi connectivity index (χ3n) is 10.1. The van der Waals surface area contributed by atoms with E-state index in [1.165, 1.54) is 64.2 Å². The summed E-state index contributed by atoms with van der Waals surface area (Å²) in [6.45, 7) is 4.45. The van der Waals surface area contributed by atoms with Crippen LogP contribution in [-0.2, 0) is 42.2 Å². The van der Waals surface area contributed by atoms with E-state index in [1.54, 1.807) is 0 Å². The van der Waals surface area contributed by atoms with Crippen molar-refractivity contribution in [2.45, 2.75) is 226 Å². The van der Waals surface area contributed by atoms with Crippen LogP contribution in [0.2, 0.25) is 0 Å². The maximum atomic E-state index is 12.8. The molecule has 0 radical (unpaired) electrons. The number of rotatable bonds is 44. The molecule has 0 amide bonds. The maximum Gasteiger partial charge on any atom is 0.472 e. The number of carbonyl (C=O) groups excluding carboxylic acids is 3. The van der Waals surface area contributed by atoms with E-state index < -0.39 is 57.8 Å². The second-order valence-electron chi connectivity index (χ2n) is 15.9. The Bertz CT molecular complexity index is 1160. The molecule has 0 aliphatic carbocycles. The number of phosphoric ester groups is 1. The summed E-state index contributed by atoms with van der Waals surface area (Å²) < 4.78 is 39.1. The van der Waals surface area contributed by atoms with Gasteiger partial charge in [-0.05, 0) is 51.4 Å². The standard InChI is InChI=1S/C48H87O11P/c1-4-7-10-13-16-19-20-21-22-23-24-27-30-33-36-39-48(52)59-45(41-55-46(50)37-34-31-28-25-17-14-11-8-5-2)43-57-60(53,54)56-42-44(40-49)58-47(51)38-35-32-29-26-18-15-12-9-6-3/h7,10,16,19,21-22,44-45,49H,4-6,8-9,11-15,17-18,20,23-43H2,1-3H3,(H,53,54)/b10-7-,19-16-,22-21-. The predicted molar refractivity (Wildman–Crippen MR) is 242 cm³/mol. The smallest absolute Gasteiger partial charge is 0.462 e. The molecule has 12 heteroatoms. The molecule has 0 aromatic rings. The Hall–Kier alpha value is -2.30. The van der Waals surface area contributed by atoms with Gasteiger partial charge in [0.2, 0.25) is 0 Å². The lowest BCUT2D eigenvalue weighted by atomic mass is 10.1. The van der Waals surface area contributed by atoms with Gasteiger partial charge in [-0.15, -0.1) is 0 Å². The SMILES string of the molecule is CC/C=C\C/C=C\C/C=C\CCCCCCCC(=O)OC(COC(=O)CCCCCCCCCCC)COP(=O)(O)OCC(CO)OC(=O)CCCCCCCCCCC. The first-order valence-electron chi connectivity index (χ1n) is 23.9. The number of allylic oxidation sites excluding steroid dienone is 6. The summed E-state index contributed by atoms with van der Waals surface area (Å²) in [5.74, 6) is -1.48. The number of esters is 3. The molecule has 0 spiro atoms. The van der Waals surface area contributed by atoms with E-state index in [4.69, 9.17) is 23.3 Å². The first-order chi connectivity index (χ1) is 29.2. The van der Waals surface area contributed by atoms with Crippen LogP contribution in [-0.4, -0.2) is 66.5 Å². The molecule has 0 aliphatic heterocycles. The number of ether oxygens (including phenoxy) is 3. The maximum absolute atomic E-state index is 12.8. The first-order valence-corrected chi connectivity index (χ1v) is 25.4.